The average molecular weight is 417 g/mol. The van der Waals surface area contributed by atoms with Gasteiger partial charge in [-0.2, -0.15) is 0 Å². The fourth-order valence-corrected chi connectivity index (χ4v) is 3.25. The van der Waals surface area contributed by atoms with Gasteiger partial charge in [-0.05, 0) is 42.8 Å². The molecule has 9 nitrogen and oxygen atoms in total. The van der Waals surface area contributed by atoms with Crippen LogP contribution in [0.25, 0.3) is 22.4 Å². The maximum atomic E-state index is 13.3. The minimum atomic E-state index is -0.246. The lowest BCUT2D eigenvalue weighted by atomic mass is 10.1. The monoisotopic (exact) mass is 417 g/mol. The predicted octanol–water partition coefficient (Wildman–Crippen LogP) is 2.17. The van der Waals surface area contributed by atoms with E-state index in [0.29, 0.717) is 30.8 Å². The van der Waals surface area contributed by atoms with Crippen molar-refractivity contribution in [3.63, 3.8) is 0 Å². The highest BCUT2D eigenvalue weighted by molar-refractivity contribution is 5.76. The molecule has 0 aliphatic heterocycles. The van der Waals surface area contributed by atoms with Crippen LogP contribution in [0.1, 0.15) is 11.3 Å². The number of hydrogen-bond acceptors (Lipinski definition) is 8. The van der Waals surface area contributed by atoms with Crippen LogP contribution in [0.3, 0.4) is 0 Å². The van der Waals surface area contributed by atoms with Crippen molar-refractivity contribution < 1.29 is 4.84 Å². The molecule has 9 heteroatoms. The van der Waals surface area contributed by atoms with Crippen molar-refractivity contribution in [2.24, 2.45) is 0 Å². The molecule has 31 heavy (non-hydrogen) atoms. The van der Waals surface area contributed by atoms with Gasteiger partial charge >= 0.3 is 0 Å². The number of hydroxylamine groups is 1. The Kier molecular flexibility index (Phi) is 6.25. The van der Waals surface area contributed by atoms with Gasteiger partial charge in [0, 0.05) is 42.9 Å². The molecule has 0 aliphatic rings. The van der Waals surface area contributed by atoms with Crippen molar-refractivity contribution >= 4 is 17.0 Å². The van der Waals surface area contributed by atoms with E-state index in [-0.39, 0.29) is 11.4 Å². The maximum absolute atomic E-state index is 13.3. The van der Waals surface area contributed by atoms with Crippen molar-refractivity contribution in [2.45, 2.75) is 13.5 Å². The van der Waals surface area contributed by atoms with E-state index in [1.165, 1.54) is 0 Å². The van der Waals surface area contributed by atoms with E-state index in [1.807, 2.05) is 43.3 Å². The zero-order chi connectivity index (χ0) is 21.6. The molecule has 0 aromatic carbocycles. The topological polar surface area (TPSA) is 107 Å². The Morgan fingerprint density at radius 1 is 1.10 bits per heavy atom. The summed E-state index contributed by atoms with van der Waals surface area (Å²) in [5, 5.41) is 3.08. The number of rotatable bonds is 8. The van der Waals surface area contributed by atoms with Crippen LogP contribution in [0, 0.1) is 6.92 Å². The van der Waals surface area contributed by atoms with Gasteiger partial charge in [-0.15, -0.1) is 0 Å². The Balaban J connectivity index is 1.81. The first kappa shape index (κ1) is 20.6. The van der Waals surface area contributed by atoms with Crippen LogP contribution in [-0.2, 0) is 11.4 Å². The molecule has 0 spiro atoms. The summed E-state index contributed by atoms with van der Waals surface area (Å²) < 4.78 is 1.63. The highest BCUT2D eigenvalue weighted by atomic mass is 16.6. The molecular formula is C22H23N7O2. The summed E-state index contributed by atoms with van der Waals surface area (Å²) in [5.74, 6) is 0.267. The van der Waals surface area contributed by atoms with E-state index in [4.69, 9.17) is 9.82 Å². The summed E-state index contributed by atoms with van der Waals surface area (Å²) in [6, 6.07) is 11.4. The average Bonchev–Trinajstić information content (AvgIpc) is 2.79. The molecule has 4 heterocycles. The zero-order valence-corrected chi connectivity index (χ0v) is 17.4. The second-order valence-electron chi connectivity index (χ2n) is 6.96. The normalized spacial score (nSPS) is 11.0. The van der Waals surface area contributed by atoms with Crippen LogP contribution in [0.4, 0.5) is 5.82 Å². The quantitative estimate of drug-likeness (QED) is 0.332. The van der Waals surface area contributed by atoms with Gasteiger partial charge < -0.3 is 10.2 Å². The van der Waals surface area contributed by atoms with Gasteiger partial charge in [-0.1, -0.05) is 6.07 Å². The number of fused-ring (bicyclic) bond motifs is 1. The lowest BCUT2D eigenvalue weighted by molar-refractivity contribution is 0.0950. The number of nitrogens with one attached hydrogen (secondary N) is 2. The number of nitrogens with zero attached hydrogens (tertiary/aromatic N) is 5. The summed E-state index contributed by atoms with van der Waals surface area (Å²) in [7, 11) is 1.54. The molecule has 4 aromatic rings. The molecule has 0 radical (unpaired) electrons. The molecule has 0 saturated heterocycles. The van der Waals surface area contributed by atoms with Crippen LogP contribution in [0.15, 0.2) is 59.8 Å². The molecule has 0 saturated carbocycles. The zero-order valence-electron chi connectivity index (χ0n) is 17.4. The summed E-state index contributed by atoms with van der Waals surface area (Å²) in [4.78, 5) is 35.8. The van der Waals surface area contributed by atoms with Gasteiger partial charge in [0.25, 0.3) is 5.56 Å². The minimum absolute atomic E-state index is 0.246. The third kappa shape index (κ3) is 4.73. The number of hydrogen-bond donors (Lipinski definition) is 2. The maximum Gasteiger partial charge on any atom is 0.295 e. The molecule has 0 aliphatic carbocycles. The Labute approximate surface area is 179 Å². The molecule has 4 aromatic heterocycles. The number of aryl methyl sites for hydroxylation is 1. The van der Waals surface area contributed by atoms with E-state index in [2.05, 4.69) is 25.7 Å². The van der Waals surface area contributed by atoms with Crippen molar-refractivity contribution in [2.75, 3.05) is 25.5 Å². The first-order valence-electron chi connectivity index (χ1n) is 9.89. The van der Waals surface area contributed by atoms with Crippen LogP contribution < -0.4 is 16.4 Å². The van der Waals surface area contributed by atoms with Gasteiger partial charge in [0.1, 0.15) is 5.52 Å². The molecule has 0 bridgehead atoms. The standard InChI is InChI=1S/C22H23N7O2/c1-15-12-17(7-9-24-15)18-5-6-19-21(28-18)29(14-16-4-3-8-23-13-16)22(30)20(27-19)25-10-11-26-31-2/h3-9,12-13,26H,10-11,14H2,1-2H3,(H,25,27). The van der Waals surface area contributed by atoms with Crippen LogP contribution in [0.2, 0.25) is 0 Å². The lowest BCUT2D eigenvalue weighted by Gasteiger charge is -2.14. The summed E-state index contributed by atoms with van der Waals surface area (Å²) in [5.41, 5.74) is 7.11. The number of anilines is 1. The molecule has 0 amide bonds. The van der Waals surface area contributed by atoms with Crippen LogP contribution >= 0.6 is 0 Å². The molecule has 4 rings (SSSR count). The SMILES string of the molecule is CONCCNc1nc2ccc(-c3ccnc(C)c3)nc2n(Cc2cccnc2)c1=O. The Morgan fingerprint density at radius 2 is 2.00 bits per heavy atom. The smallest absolute Gasteiger partial charge is 0.295 e. The minimum Gasteiger partial charge on any atom is -0.364 e. The summed E-state index contributed by atoms with van der Waals surface area (Å²) in [6.45, 7) is 3.27. The largest absolute Gasteiger partial charge is 0.364 e. The molecule has 0 fully saturated rings. The van der Waals surface area contributed by atoms with Crippen molar-refractivity contribution in [1.82, 2.24) is 30.0 Å². The molecular weight excluding hydrogens is 394 g/mol. The third-order valence-electron chi connectivity index (χ3n) is 4.71. The van der Waals surface area contributed by atoms with Crippen LogP contribution in [-0.4, -0.2) is 44.7 Å². The lowest BCUT2D eigenvalue weighted by Crippen LogP contribution is -2.29. The van der Waals surface area contributed by atoms with E-state index in [0.717, 1.165) is 22.5 Å². The predicted molar refractivity (Wildman–Crippen MR) is 119 cm³/mol. The first-order valence-corrected chi connectivity index (χ1v) is 9.89. The van der Waals surface area contributed by atoms with E-state index in [1.54, 1.807) is 30.3 Å². The Morgan fingerprint density at radius 3 is 2.77 bits per heavy atom. The van der Waals surface area contributed by atoms with Gasteiger partial charge in [-0.3, -0.25) is 19.3 Å². The third-order valence-corrected chi connectivity index (χ3v) is 4.71. The van der Waals surface area contributed by atoms with Crippen molar-refractivity contribution in [3.8, 4) is 11.3 Å². The van der Waals surface area contributed by atoms with Crippen LogP contribution in [0.5, 0.6) is 0 Å². The number of pyridine rings is 3. The van der Waals surface area contributed by atoms with Gasteiger partial charge in [0.05, 0.1) is 19.3 Å². The summed E-state index contributed by atoms with van der Waals surface area (Å²) >= 11 is 0. The Hall–Kier alpha value is -3.69. The van der Waals surface area contributed by atoms with Gasteiger partial charge in [0.2, 0.25) is 0 Å². The molecule has 2 N–H and O–H groups in total. The van der Waals surface area contributed by atoms with Crippen molar-refractivity contribution in [1.29, 1.82) is 0 Å². The fraction of sp³-hybridized carbons (Fsp3) is 0.227. The van der Waals surface area contributed by atoms with E-state index >= 15 is 0 Å². The second kappa shape index (κ2) is 9.41. The van der Waals surface area contributed by atoms with Gasteiger partial charge in [-0.25, -0.2) is 15.4 Å². The molecule has 158 valence electrons. The van der Waals surface area contributed by atoms with Gasteiger partial charge in [0.15, 0.2) is 11.5 Å². The fourth-order valence-electron chi connectivity index (χ4n) is 3.25. The van der Waals surface area contributed by atoms with E-state index < -0.39 is 0 Å². The van der Waals surface area contributed by atoms with Crippen molar-refractivity contribution in [3.05, 3.63) is 76.6 Å². The second-order valence-corrected chi connectivity index (χ2v) is 6.96. The summed E-state index contributed by atoms with van der Waals surface area (Å²) in [6.07, 6.45) is 5.19. The highest BCUT2D eigenvalue weighted by Gasteiger charge is 2.14. The highest BCUT2D eigenvalue weighted by Crippen LogP contribution is 2.21. The number of aromatic nitrogens is 5. The molecule has 0 atom stereocenters. The first-order chi connectivity index (χ1) is 15.2. The van der Waals surface area contributed by atoms with E-state index in [9.17, 15) is 4.79 Å². The Bertz CT molecular complexity index is 1240. The molecule has 0 unspecified atom stereocenters.